The first kappa shape index (κ1) is 14.0. The molecule has 1 fully saturated rings. The van der Waals surface area contributed by atoms with Gasteiger partial charge in [0.2, 0.25) is 0 Å². The molecule has 0 N–H and O–H groups in total. The number of hydrogen-bond acceptors (Lipinski definition) is 0. The van der Waals surface area contributed by atoms with Gasteiger partial charge in [-0.05, 0) is 30.6 Å². The molecule has 0 aromatic rings. The van der Waals surface area contributed by atoms with E-state index in [4.69, 9.17) is 0 Å². The van der Waals surface area contributed by atoms with Crippen LogP contribution in [0.4, 0.5) is 0 Å². The first-order valence-electron chi connectivity index (χ1n) is 6.68. The van der Waals surface area contributed by atoms with E-state index in [0.29, 0.717) is 0 Å². The summed E-state index contributed by atoms with van der Waals surface area (Å²) in [5.41, 5.74) is 0.768. The first-order valence-corrected chi connectivity index (χ1v) is 6.68. The molecule has 0 aliphatic heterocycles. The van der Waals surface area contributed by atoms with Crippen molar-refractivity contribution < 1.29 is 0 Å². The quantitative estimate of drug-likeness (QED) is 0.566. The van der Waals surface area contributed by atoms with Crippen LogP contribution in [0.3, 0.4) is 0 Å². The lowest BCUT2D eigenvalue weighted by molar-refractivity contribution is 0.239. The molecular formula is C14H30. The zero-order valence-corrected chi connectivity index (χ0v) is 11.0. The zero-order chi connectivity index (χ0) is 11.0. The summed E-state index contributed by atoms with van der Waals surface area (Å²) < 4.78 is 0. The van der Waals surface area contributed by atoms with Gasteiger partial charge in [-0.1, -0.05) is 60.3 Å². The van der Waals surface area contributed by atoms with Crippen molar-refractivity contribution in [3.63, 3.8) is 0 Å². The van der Waals surface area contributed by atoms with E-state index in [0.717, 1.165) is 11.3 Å². The predicted molar refractivity (Wildman–Crippen MR) is 66.6 cm³/mol. The molecule has 0 aromatic carbocycles. The van der Waals surface area contributed by atoms with E-state index < -0.39 is 0 Å². The van der Waals surface area contributed by atoms with E-state index in [1.807, 2.05) is 13.8 Å². The standard InChI is InChI=1S/C12H24.C2H6/c1-4-12(8-5-6-9-12)10-7-11(2)3;1-2/h11H,4-10H2,1-3H3;1-2H3. The van der Waals surface area contributed by atoms with Crippen molar-refractivity contribution in [3.05, 3.63) is 0 Å². The fraction of sp³-hybridized carbons (Fsp3) is 1.00. The Hall–Kier alpha value is 0. The minimum absolute atomic E-state index is 0.768. The van der Waals surface area contributed by atoms with E-state index in [9.17, 15) is 0 Å². The normalized spacial score (nSPS) is 19.3. The minimum Gasteiger partial charge on any atom is -0.0683 e. The summed E-state index contributed by atoms with van der Waals surface area (Å²) >= 11 is 0. The predicted octanol–water partition coefficient (Wildman–Crippen LogP) is 5.42. The fourth-order valence-corrected chi connectivity index (χ4v) is 2.50. The Labute approximate surface area is 91.5 Å². The molecule has 1 aliphatic rings. The van der Waals surface area contributed by atoms with Crippen LogP contribution in [0.1, 0.15) is 79.6 Å². The topological polar surface area (TPSA) is 0 Å². The Morgan fingerprint density at radius 2 is 1.57 bits per heavy atom. The number of hydrogen-bond donors (Lipinski definition) is 0. The van der Waals surface area contributed by atoms with Gasteiger partial charge in [0.25, 0.3) is 0 Å². The van der Waals surface area contributed by atoms with Crippen LogP contribution in [-0.2, 0) is 0 Å². The van der Waals surface area contributed by atoms with Crippen molar-refractivity contribution in [1.82, 2.24) is 0 Å². The molecule has 0 heteroatoms. The number of rotatable bonds is 4. The van der Waals surface area contributed by atoms with Crippen LogP contribution in [0.15, 0.2) is 0 Å². The van der Waals surface area contributed by atoms with Crippen LogP contribution >= 0.6 is 0 Å². The molecule has 0 heterocycles. The van der Waals surface area contributed by atoms with Crippen molar-refractivity contribution >= 4 is 0 Å². The van der Waals surface area contributed by atoms with Gasteiger partial charge < -0.3 is 0 Å². The average molecular weight is 198 g/mol. The van der Waals surface area contributed by atoms with Gasteiger partial charge in [-0.25, -0.2) is 0 Å². The highest BCUT2D eigenvalue weighted by Crippen LogP contribution is 2.45. The summed E-state index contributed by atoms with van der Waals surface area (Å²) in [6.07, 6.45) is 10.3. The largest absolute Gasteiger partial charge is 0.0683 e. The van der Waals surface area contributed by atoms with Gasteiger partial charge in [0.1, 0.15) is 0 Å². The summed E-state index contributed by atoms with van der Waals surface area (Å²) in [7, 11) is 0. The third-order valence-corrected chi connectivity index (χ3v) is 3.67. The van der Waals surface area contributed by atoms with Gasteiger partial charge in [-0.2, -0.15) is 0 Å². The lowest BCUT2D eigenvalue weighted by atomic mass is 9.78. The summed E-state index contributed by atoms with van der Waals surface area (Å²) in [6.45, 7) is 11.1. The summed E-state index contributed by atoms with van der Waals surface area (Å²) in [6, 6.07) is 0. The molecule has 0 radical (unpaired) electrons. The highest BCUT2D eigenvalue weighted by molar-refractivity contribution is 4.83. The summed E-state index contributed by atoms with van der Waals surface area (Å²) in [4.78, 5) is 0. The lowest BCUT2D eigenvalue weighted by Gasteiger charge is -2.28. The van der Waals surface area contributed by atoms with E-state index in [2.05, 4.69) is 20.8 Å². The molecule has 14 heavy (non-hydrogen) atoms. The highest BCUT2D eigenvalue weighted by Gasteiger charge is 2.31. The Balaban J connectivity index is 0.000000791. The second kappa shape index (κ2) is 7.31. The Kier molecular flexibility index (Phi) is 7.31. The monoisotopic (exact) mass is 198 g/mol. The van der Waals surface area contributed by atoms with Gasteiger partial charge in [0.15, 0.2) is 0 Å². The van der Waals surface area contributed by atoms with Gasteiger partial charge in [-0.3, -0.25) is 0 Å². The van der Waals surface area contributed by atoms with Crippen molar-refractivity contribution in [2.45, 2.75) is 79.6 Å². The lowest BCUT2D eigenvalue weighted by Crippen LogP contribution is -2.15. The maximum Gasteiger partial charge on any atom is -0.0300 e. The molecule has 1 saturated carbocycles. The highest BCUT2D eigenvalue weighted by atomic mass is 14.4. The van der Waals surface area contributed by atoms with Crippen molar-refractivity contribution in [3.8, 4) is 0 Å². The Morgan fingerprint density at radius 1 is 1.07 bits per heavy atom. The molecule has 0 nitrogen and oxygen atoms in total. The molecule has 0 unspecified atom stereocenters. The average Bonchev–Trinajstić information content (AvgIpc) is 2.67. The van der Waals surface area contributed by atoms with Crippen LogP contribution in [0.25, 0.3) is 0 Å². The maximum absolute atomic E-state index is 2.38. The third-order valence-electron chi connectivity index (χ3n) is 3.67. The van der Waals surface area contributed by atoms with Gasteiger partial charge in [-0.15, -0.1) is 0 Å². The second-order valence-electron chi connectivity index (χ2n) is 4.99. The zero-order valence-electron chi connectivity index (χ0n) is 11.0. The van der Waals surface area contributed by atoms with Crippen LogP contribution < -0.4 is 0 Å². The van der Waals surface area contributed by atoms with E-state index in [-0.39, 0.29) is 0 Å². The molecule has 1 rings (SSSR count). The summed E-state index contributed by atoms with van der Waals surface area (Å²) in [5.74, 6) is 0.897. The SMILES string of the molecule is CC.CCC1(CCC(C)C)CCCC1. The second-order valence-corrected chi connectivity index (χ2v) is 4.99. The Bertz CT molecular complexity index is 118. The van der Waals surface area contributed by atoms with Crippen molar-refractivity contribution in [1.29, 1.82) is 0 Å². The fourth-order valence-electron chi connectivity index (χ4n) is 2.50. The minimum atomic E-state index is 0.768. The molecule has 86 valence electrons. The van der Waals surface area contributed by atoms with Crippen LogP contribution in [0.5, 0.6) is 0 Å². The van der Waals surface area contributed by atoms with E-state index in [1.165, 1.54) is 44.9 Å². The molecule has 0 saturated heterocycles. The smallest absolute Gasteiger partial charge is 0.0300 e. The van der Waals surface area contributed by atoms with Gasteiger partial charge in [0.05, 0.1) is 0 Å². The molecular weight excluding hydrogens is 168 g/mol. The first-order chi connectivity index (χ1) is 6.68. The van der Waals surface area contributed by atoms with Crippen LogP contribution in [0.2, 0.25) is 0 Å². The van der Waals surface area contributed by atoms with Gasteiger partial charge in [0, 0.05) is 0 Å². The van der Waals surface area contributed by atoms with Crippen molar-refractivity contribution in [2.24, 2.45) is 11.3 Å². The van der Waals surface area contributed by atoms with Crippen LogP contribution in [-0.4, -0.2) is 0 Å². The maximum atomic E-state index is 2.38. The molecule has 0 amide bonds. The molecule has 0 aromatic heterocycles. The van der Waals surface area contributed by atoms with Crippen LogP contribution in [0, 0.1) is 11.3 Å². The Morgan fingerprint density at radius 3 is 1.93 bits per heavy atom. The van der Waals surface area contributed by atoms with E-state index >= 15 is 0 Å². The summed E-state index contributed by atoms with van der Waals surface area (Å²) in [5, 5.41) is 0. The van der Waals surface area contributed by atoms with E-state index in [1.54, 1.807) is 0 Å². The molecule has 1 aliphatic carbocycles. The third kappa shape index (κ3) is 4.48. The van der Waals surface area contributed by atoms with Crippen molar-refractivity contribution in [2.75, 3.05) is 0 Å². The molecule has 0 atom stereocenters. The van der Waals surface area contributed by atoms with Gasteiger partial charge >= 0.3 is 0 Å². The molecule has 0 spiro atoms. The molecule has 0 bridgehead atoms.